The van der Waals surface area contributed by atoms with Crippen molar-refractivity contribution in [2.24, 2.45) is 0 Å². The summed E-state index contributed by atoms with van der Waals surface area (Å²) in [6.45, 7) is 0. The lowest BCUT2D eigenvalue weighted by molar-refractivity contribution is 0.0417. The van der Waals surface area contributed by atoms with Crippen LogP contribution in [-0.2, 0) is 13.6 Å². The Kier molecular flexibility index (Phi) is 6.02. The van der Waals surface area contributed by atoms with Crippen LogP contribution in [0.2, 0.25) is 5.02 Å². The van der Waals surface area contributed by atoms with Gasteiger partial charge in [0, 0.05) is 50.0 Å². The summed E-state index contributed by atoms with van der Waals surface area (Å²) in [6, 6.07) is 1.33. The van der Waals surface area contributed by atoms with E-state index in [1.165, 1.54) is 20.4 Å². The Balaban J connectivity index is 1.62. The van der Waals surface area contributed by atoms with Gasteiger partial charge in [0.2, 0.25) is 0 Å². The van der Waals surface area contributed by atoms with Crippen molar-refractivity contribution in [3.63, 3.8) is 0 Å². The summed E-state index contributed by atoms with van der Waals surface area (Å²) in [5, 5.41) is 13.5. The fourth-order valence-electron chi connectivity index (χ4n) is 3.97. The highest BCUT2D eigenvalue weighted by atomic mass is 35.5. The van der Waals surface area contributed by atoms with E-state index in [1.807, 2.05) is 0 Å². The second-order valence-corrected chi connectivity index (χ2v) is 10.4. The minimum absolute atomic E-state index is 0.0201. The Hall–Kier alpha value is -2.10. The average Bonchev–Trinajstić information content (AvgIpc) is 3.17. The number of aliphatic hydroxyl groups is 1. The third kappa shape index (κ3) is 4.06. The van der Waals surface area contributed by atoms with E-state index in [0.29, 0.717) is 34.5 Å². The van der Waals surface area contributed by atoms with Crippen LogP contribution in [-0.4, -0.2) is 50.6 Å². The van der Waals surface area contributed by atoms with Crippen molar-refractivity contribution >= 4 is 36.0 Å². The number of hydrogen-bond acceptors (Lipinski definition) is 8. The van der Waals surface area contributed by atoms with Gasteiger partial charge in [0.15, 0.2) is 22.8 Å². The second-order valence-electron chi connectivity index (χ2n) is 7.42. The largest absolute Gasteiger partial charge is 0.377 e. The standard InChI is InChI=1S/C19H22ClFN5O4P/c1-29-31(28,30-2)19(27)5-3-4-12(7-19)25-18-15(21)10-24-17(26-18)14-9-23-16-13(14)6-11(20)8-22-16/h6,8-10,12,27H,3-5,7H2,1-2H3,(H,22,23)(H,24,25,26)/t12-,19-/m0/s1. The number of rotatable bonds is 6. The van der Waals surface area contributed by atoms with Crippen molar-refractivity contribution in [2.45, 2.75) is 37.1 Å². The Morgan fingerprint density at radius 1 is 1.35 bits per heavy atom. The number of aromatic amines is 1. The summed E-state index contributed by atoms with van der Waals surface area (Å²) >= 11 is 6.05. The molecule has 0 aromatic carbocycles. The summed E-state index contributed by atoms with van der Waals surface area (Å²) in [5.74, 6) is -0.381. The summed E-state index contributed by atoms with van der Waals surface area (Å²) in [7, 11) is -1.27. The van der Waals surface area contributed by atoms with Crippen molar-refractivity contribution in [1.29, 1.82) is 0 Å². The van der Waals surface area contributed by atoms with E-state index in [9.17, 15) is 14.1 Å². The van der Waals surface area contributed by atoms with Crippen molar-refractivity contribution < 1.29 is 23.1 Å². The number of anilines is 1. The first-order valence-corrected chi connectivity index (χ1v) is 11.6. The molecule has 0 saturated heterocycles. The Morgan fingerprint density at radius 3 is 2.87 bits per heavy atom. The van der Waals surface area contributed by atoms with Gasteiger partial charge in [-0.3, -0.25) is 4.57 Å². The molecule has 0 unspecified atom stereocenters. The predicted octanol–water partition coefficient (Wildman–Crippen LogP) is 4.34. The topological polar surface area (TPSA) is 122 Å². The van der Waals surface area contributed by atoms with E-state index in [1.54, 1.807) is 12.3 Å². The number of aromatic nitrogens is 4. The molecule has 4 rings (SSSR count). The zero-order valence-electron chi connectivity index (χ0n) is 16.9. The van der Waals surface area contributed by atoms with Gasteiger partial charge in [-0.1, -0.05) is 11.6 Å². The Morgan fingerprint density at radius 2 is 2.13 bits per heavy atom. The molecule has 3 N–H and O–H groups in total. The zero-order valence-corrected chi connectivity index (χ0v) is 18.6. The van der Waals surface area contributed by atoms with Crippen LogP contribution in [0.5, 0.6) is 0 Å². The number of fused-ring (bicyclic) bond motifs is 1. The highest BCUT2D eigenvalue weighted by molar-refractivity contribution is 7.55. The van der Waals surface area contributed by atoms with Crippen molar-refractivity contribution in [1.82, 2.24) is 19.9 Å². The molecule has 0 radical (unpaired) electrons. The Labute approximate surface area is 182 Å². The molecule has 31 heavy (non-hydrogen) atoms. The summed E-state index contributed by atoms with van der Waals surface area (Å²) < 4.78 is 37.3. The summed E-state index contributed by atoms with van der Waals surface area (Å²) in [6.07, 6.45) is 5.76. The van der Waals surface area contributed by atoms with E-state index in [0.717, 1.165) is 6.20 Å². The highest BCUT2D eigenvalue weighted by Crippen LogP contribution is 2.62. The SMILES string of the molecule is COP(=O)(OC)[C@@]1(O)CCC[C@H](Nc2nc(-c3c[nH]c4ncc(Cl)cc34)ncc2F)C1. The average molecular weight is 470 g/mol. The molecular weight excluding hydrogens is 448 g/mol. The predicted molar refractivity (Wildman–Crippen MR) is 115 cm³/mol. The van der Waals surface area contributed by atoms with Crippen LogP contribution in [0.3, 0.4) is 0 Å². The van der Waals surface area contributed by atoms with Gasteiger partial charge in [-0.15, -0.1) is 0 Å². The fourth-order valence-corrected chi connectivity index (χ4v) is 5.83. The van der Waals surface area contributed by atoms with E-state index >= 15 is 0 Å². The third-order valence-electron chi connectivity index (χ3n) is 5.52. The molecule has 1 fully saturated rings. The number of pyridine rings is 1. The van der Waals surface area contributed by atoms with Crippen LogP contribution >= 0.6 is 19.2 Å². The maximum Gasteiger partial charge on any atom is 0.361 e. The summed E-state index contributed by atoms with van der Waals surface area (Å²) in [4.78, 5) is 15.7. The van der Waals surface area contributed by atoms with E-state index in [4.69, 9.17) is 20.6 Å². The molecule has 1 aliphatic carbocycles. The van der Waals surface area contributed by atoms with Gasteiger partial charge in [0.1, 0.15) is 5.65 Å². The molecular formula is C19H22ClFN5O4P. The van der Waals surface area contributed by atoms with Crippen molar-refractivity contribution in [3.05, 3.63) is 35.5 Å². The first-order chi connectivity index (χ1) is 14.8. The minimum Gasteiger partial charge on any atom is -0.377 e. The lowest BCUT2D eigenvalue weighted by Gasteiger charge is -2.39. The van der Waals surface area contributed by atoms with E-state index in [-0.39, 0.29) is 24.5 Å². The Bertz CT molecular complexity index is 1150. The normalized spacial score (nSPS) is 22.0. The second kappa shape index (κ2) is 8.44. The molecule has 0 spiro atoms. The van der Waals surface area contributed by atoms with Gasteiger partial charge < -0.3 is 24.5 Å². The fraction of sp³-hybridized carbons (Fsp3) is 0.421. The van der Waals surface area contributed by atoms with Crippen LogP contribution in [0.1, 0.15) is 25.7 Å². The first-order valence-electron chi connectivity index (χ1n) is 9.64. The molecule has 3 aromatic heterocycles. The van der Waals surface area contributed by atoms with Gasteiger partial charge in [-0.05, 0) is 25.3 Å². The van der Waals surface area contributed by atoms with Crippen LogP contribution in [0.4, 0.5) is 10.2 Å². The number of halogens is 2. The maximum atomic E-state index is 14.5. The van der Waals surface area contributed by atoms with Gasteiger partial charge in [-0.25, -0.2) is 19.3 Å². The zero-order chi connectivity index (χ0) is 22.2. The monoisotopic (exact) mass is 469 g/mol. The maximum absolute atomic E-state index is 14.5. The number of H-pyrrole nitrogens is 1. The summed E-state index contributed by atoms with van der Waals surface area (Å²) in [5.41, 5.74) is 1.23. The highest BCUT2D eigenvalue weighted by Gasteiger charge is 2.51. The molecule has 3 heterocycles. The lowest BCUT2D eigenvalue weighted by Crippen LogP contribution is -2.41. The van der Waals surface area contributed by atoms with E-state index in [2.05, 4.69) is 25.3 Å². The van der Waals surface area contributed by atoms with Crippen LogP contribution in [0, 0.1) is 5.82 Å². The molecule has 166 valence electrons. The minimum atomic E-state index is -3.74. The lowest BCUT2D eigenvalue weighted by atomic mass is 9.92. The van der Waals surface area contributed by atoms with Crippen molar-refractivity contribution in [2.75, 3.05) is 19.5 Å². The smallest absolute Gasteiger partial charge is 0.361 e. The molecule has 2 atom stereocenters. The molecule has 0 amide bonds. The number of nitrogens with one attached hydrogen (secondary N) is 2. The van der Waals surface area contributed by atoms with Gasteiger partial charge in [0.25, 0.3) is 0 Å². The molecule has 9 nitrogen and oxygen atoms in total. The number of nitrogens with zero attached hydrogens (tertiary/aromatic N) is 3. The van der Waals surface area contributed by atoms with Gasteiger partial charge in [-0.2, -0.15) is 0 Å². The molecule has 0 aliphatic heterocycles. The molecule has 0 bridgehead atoms. The van der Waals surface area contributed by atoms with Crippen LogP contribution < -0.4 is 5.32 Å². The van der Waals surface area contributed by atoms with Crippen molar-refractivity contribution in [3.8, 4) is 11.4 Å². The molecule has 1 aliphatic rings. The first kappa shape index (κ1) is 22.1. The number of hydrogen-bond donors (Lipinski definition) is 3. The van der Waals surface area contributed by atoms with Crippen LogP contribution in [0.15, 0.2) is 24.7 Å². The molecule has 3 aromatic rings. The third-order valence-corrected chi connectivity index (χ3v) is 8.11. The van der Waals surface area contributed by atoms with Gasteiger partial charge in [0.05, 0.1) is 11.2 Å². The van der Waals surface area contributed by atoms with E-state index < -0.39 is 24.8 Å². The van der Waals surface area contributed by atoms with Crippen LogP contribution in [0.25, 0.3) is 22.4 Å². The van der Waals surface area contributed by atoms with Gasteiger partial charge >= 0.3 is 7.60 Å². The quantitative estimate of drug-likeness (QED) is 0.456. The molecule has 1 saturated carbocycles. The molecule has 12 heteroatoms.